The monoisotopic (exact) mass is 370 g/mol. The maximum atomic E-state index is 13.8. The molecular weight excluding hydrogens is 347 g/mol. The Morgan fingerprint density at radius 3 is 2.64 bits per heavy atom. The molecule has 1 atom stereocenters. The number of piperidine rings is 1. The fourth-order valence-corrected chi connectivity index (χ4v) is 4.51. The van der Waals surface area contributed by atoms with Gasteiger partial charge < -0.3 is 9.64 Å². The van der Waals surface area contributed by atoms with E-state index in [1.807, 2.05) is 0 Å². The van der Waals surface area contributed by atoms with Crippen molar-refractivity contribution in [1.29, 1.82) is 0 Å². The van der Waals surface area contributed by atoms with E-state index in [0.717, 1.165) is 6.26 Å². The van der Waals surface area contributed by atoms with Crippen molar-refractivity contribution in [3.63, 3.8) is 0 Å². The zero-order valence-corrected chi connectivity index (χ0v) is 15.0. The molecule has 0 radical (unpaired) electrons. The van der Waals surface area contributed by atoms with Crippen molar-refractivity contribution in [2.24, 2.45) is 0 Å². The largest absolute Gasteiger partial charge is 0.375 e. The maximum Gasteiger partial charge on any atom is 0.256 e. The average Bonchev–Trinajstić information content (AvgIpc) is 2.54. The van der Waals surface area contributed by atoms with Crippen molar-refractivity contribution in [1.82, 2.24) is 9.62 Å². The molecule has 2 saturated heterocycles. The normalized spacial score (nSPS) is 23.6. The molecule has 1 N–H and O–H groups in total. The number of benzene rings is 1. The first kappa shape index (κ1) is 18.3. The number of hydrogen-bond donors (Lipinski definition) is 1. The van der Waals surface area contributed by atoms with Crippen LogP contribution in [0.2, 0.25) is 0 Å². The fourth-order valence-electron chi connectivity index (χ4n) is 3.70. The number of carbonyl (C=O) groups excluding carboxylic acids is 1. The lowest BCUT2D eigenvalue weighted by molar-refractivity contribution is -0.113. The highest BCUT2D eigenvalue weighted by molar-refractivity contribution is 7.88. The number of nitrogens with one attached hydrogen (secondary N) is 1. The van der Waals surface area contributed by atoms with Crippen LogP contribution >= 0.6 is 0 Å². The summed E-state index contributed by atoms with van der Waals surface area (Å²) in [7, 11) is -3.26. The molecule has 25 heavy (non-hydrogen) atoms. The molecule has 6 nitrogen and oxygen atoms in total. The Balaban J connectivity index is 1.63. The molecule has 138 valence electrons. The van der Waals surface area contributed by atoms with Crippen LogP contribution in [0.25, 0.3) is 0 Å². The highest BCUT2D eigenvalue weighted by Crippen LogP contribution is 2.35. The maximum absolute atomic E-state index is 13.8. The van der Waals surface area contributed by atoms with E-state index in [0.29, 0.717) is 45.4 Å². The summed E-state index contributed by atoms with van der Waals surface area (Å²) in [6, 6.07) is 5.84. The number of amides is 1. The minimum Gasteiger partial charge on any atom is -0.375 e. The second-order valence-corrected chi connectivity index (χ2v) is 8.66. The van der Waals surface area contributed by atoms with Crippen LogP contribution in [0.3, 0.4) is 0 Å². The number of ether oxygens (including phenoxy) is 1. The van der Waals surface area contributed by atoms with Crippen molar-refractivity contribution < 1.29 is 22.3 Å². The van der Waals surface area contributed by atoms with Gasteiger partial charge in [0.25, 0.3) is 5.91 Å². The molecular formula is C17H23FN2O4S. The molecule has 0 aliphatic carbocycles. The van der Waals surface area contributed by atoms with Gasteiger partial charge in [0, 0.05) is 25.7 Å². The number of nitrogens with zero attached hydrogens (tertiary/aromatic N) is 1. The predicted molar refractivity (Wildman–Crippen MR) is 91.2 cm³/mol. The molecule has 0 bridgehead atoms. The van der Waals surface area contributed by atoms with Crippen LogP contribution in [0.15, 0.2) is 24.3 Å². The number of sulfonamides is 1. The van der Waals surface area contributed by atoms with Crippen LogP contribution in [0, 0.1) is 5.82 Å². The van der Waals surface area contributed by atoms with Crippen LogP contribution in [0.5, 0.6) is 0 Å². The number of carbonyl (C=O) groups is 1. The van der Waals surface area contributed by atoms with Gasteiger partial charge in [-0.05, 0) is 37.8 Å². The molecule has 2 heterocycles. The molecule has 2 aliphatic heterocycles. The van der Waals surface area contributed by atoms with Gasteiger partial charge in [-0.3, -0.25) is 4.79 Å². The molecule has 2 aliphatic rings. The van der Waals surface area contributed by atoms with Gasteiger partial charge in [0.05, 0.1) is 17.4 Å². The summed E-state index contributed by atoms with van der Waals surface area (Å²) in [4.78, 5) is 14.1. The Bertz CT molecular complexity index is 745. The second-order valence-electron chi connectivity index (χ2n) is 6.88. The lowest BCUT2D eigenvalue weighted by atomic mass is 9.82. The third kappa shape index (κ3) is 4.37. The Morgan fingerprint density at radius 1 is 1.32 bits per heavy atom. The summed E-state index contributed by atoms with van der Waals surface area (Å²) in [5.74, 6) is -0.825. The van der Waals surface area contributed by atoms with Gasteiger partial charge in [-0.25, -0.2) is 17.5 Å². The fraction of sp³-hybridized carbons (Fsp3) is 0.588. The van der Waals surface area contributed by atoms with E-state index in [1.165, 1.54) is 12.1 Å². The summed E-state index contributed by atoms with van der Waals surface area (Å²) < 4.78 is 45.4. The molecule has 3 rings (SSSR count). The molecule has 2 fully saturated rings. The summed E-state index contributed by atoms with van der Waals surface area (Å²) in [5, 5.41) is 0. The second kappa shape index (κ2) is 7.01. The van der Waals surface area contributed by atoms with Gasteiger partial charge in [0.1, 0.15) is 5.82 Å². The van der Waals surface area contributed by atoms with Crippen LogP contribution in [-0.4, -0.2) is 56.8 Å². The van der Waals surface area contributed by atoms with Gasteiger partial charge in [0.2, 0.25) is 10.0 Å². The van der Waals surface area contributed by atoms with Crippen molar-refractivity contribution >= 4 is 15.9 Å². The van der Waals surface area contributed by atoms with Crippen molar-refractivity contribution in [3.05, 3.63) is 35.6 Å². The highest BCUT2D eigenvalue weighted by atomic mass is 32.2. The Hall–Kier alpha value is -1.51. The van der Waals surface area contributed by atoms with Crippen LogP contribution in [0.1, 0.15) is 36.0 Å². The molecule has 8 heteroatoms. The van der Waals surface area contributed by atoms with E-state index in [9.17, 15) is 17.6 Å². The first-order valence-corrected chi connectivity index (χ1v) is 10.3. The summed E-state index contributed by atoms with van der Waals surface area (Å²) in [6.07, 6.45) is 3.64. The molecule has 1 aromatic carbocycles. The number of likely N-dealkylation sites (tertiary alicyclic amines) is 1. The van der Waals surface area contributed by atoms with E-state index in [4.69, 9.17) is 4.74 Å². The Labute approximate surface area is 147 Å². The predicted octanol–water partition coefficient (Wildman–Crippen LogP) is 1.53. The van der Waals surface area contributed by atoms with E-state index in [2.05, 4.69) is 4.72 Å². The molecule has 0 saturated carbocycles. The first-order valence-electron chi connectivity index (χ1n) is 8.43. The molecule has 1 aromatic rings. The lowest BCUT2D eigenvalue weighted by Crippen LogP contribution is -2.54. The molecule has 1 unspecified atom stereocenters. The lowest BCUT2D eigenvalue weighted by Gasteiger charge is -2.46. The zero-order valence-electron chi connectivity index (χ0n) is 14.2. The topological polar surface area (TPSA) is 75.7 Å². The summed E-state index contributed by atoms with van der Waals surface area (Å²) in [6.45, 7) is 1.44. The Kier molecular flexibility index (Phi) is 5.13. The third-order valence-electron chi connectivity index (χ3n) is 4.94. The molecule has 1 amide bonds. The van der Waals surface area contributed by atoms with Crippen molar-refractivity contribution in [3.8, 4) is 0 Å². The van der Waals surface area contributed by atoms with Gasteiger partial charge in [-0.2, -0.15) is 0 Å². The molecule has 1 spiro atoms. The Morgan fingerprint density at radius 2 is 2.00 bits per heavy atom. The zero-order chi connectivity index (χ0) is 18.1. The quantitative estimate of drug-likeness (QED) is 0.876. The van der Waals surface area contributed by atoms with Crippen molar-refractivity contribution in [2.75, 3.05) is 26.0 Å². The van der Waals surface area contributed by atoms with Crippen LogP contribution in [-0.2, 0) is 14.8 Å². The van der Waals surface area contributed by atoms with E-state index >= 15 is 0 Å². The van der Waals surface area contributed by atoms with Gasteiger partial charge in [0.15, 0.2) is 0 Å². The summed E-state index contributed by atoms with van der Waals surface area (Å²) >= 11 is 0. The smallest absolute Gasteiger partial charge is 0.256 e. The SMILES string of the molecule is CS(=O)(=O)NC1CCOC2(CCN(C(=O)c3ccccc3F)CC2)C1. The minimum absolute atomic E-state index is 0.0830. The van der Waals surface area contributed by atoms with Gasteiger partial charge in [-0.15, -0.1) is 0 Å². The average molecular weight is 370 g/mol. The van der Waals surface area contributed by atoms with Crippen LogP contribution < -0.4 is 4.72 Å². The number of halogens is 1. The first-order chi connectivity index (χ1) is 11.8. The standard InChI is InChI=1S/C17H23FN2O4S/c1-25(22,23)19-13-6-11-24-17(12-13)7-9-20(10-8-17)16(21)14-4-2-3-5-15(14)18/h2-5,13,19H,6-12H2,1H3. The number of hydrogen-bond acceptors (Lipinski definition) is 4. The minimum atomic E-state index is -3.26. The van der Waals surface area contributed by atoms with Gasteiger partial charge in [-0.1, -0.05) is 12.1 Å². The van der Waals surface area contributed by atoms with E-state index < -0.39 is 21.4 Å². The van der Waals surface area contributed by atoms with E-state index in [1.54, 1.807) is 17.0 Å². The number of rotatable bonds is 3. The van der Waals surface area contributed by atoms with E-state index in [-0.39, 0.29) is 17.5 Å². The van der Waals surface area contributed by atoms with Crippen LogP contribution in [0.4, 0.5) is 4.39 Å². The third-order valence-corrected chi connectivity index (χ3v) is 5.70. The highest BCUT2D eigenvalue weighted by Gasteiger charge is 2.42. The summed E-state index contributed by atoms with van der Waals surface area (Å²) in [5.41, 5.74) is -0.327. The van der Waals surface area contributed by atoms with Crippen molar-refractivity contribution in [2.45, 2.75) is 37.3 Å². The van der Waals surface area contributed by atoms with Gasteiger partial charge >= 0.3 is 0 Å². The molecule has 0 aromatic heterocycles.